The van der Waals surface area contributed by atoms with Crippen LogP contribution in [0.3, 0.4) is 0 Å². The molecule has 2 aliphatic rings. The molecule has 3 rings (SSSR count). The molecule has 2 fully saturated rings. The number of ketones is 1. The number of piperidine rings is 1. The Kier molecular flexibility index (Phi) is 10.5. The minimum atomic E-state index is -0.530. The standard InChI is InChI=1S/C26H35N3O9/c1-18(2)38-25(33)16-35-22-6-4-20(5-7-22)23(31)14-29-13-12-28(15-24(29)32)21-8-10-27(11-9-21)26(34)37-17-36-19(3)30/h4-7,18,21H,8-17H2,1-3H3. The van der Waals surface area contributed by atoms with Crippen molar-refractivity contribution in [3.05, 3.63) is 29.8 Å². The monoisotopic (exact) mass is 533 g/mol. The Morgan fingerprint density at radius 2 is 1.66 bits per heavy atom. The molecule has 0 saturated carbocycles. The quantitative estimate of drug-likeness (QED) is 0.247. The van der Waals surface area contributed by atoms with E-state index < -0.39 is 24.8 Å². The van der Waals surface area contributed by atoms with Gasteiger partial charge in [-0.2, -0.15) is 0 Å². The summed E-state index contributed by atoms with van der Waals surface area (Å²) < 4.78 is 20.0. The maximum Gasteiger partial charge on any atom is 0.412 e. The molecule has 2 heterocycles. The van der Waals surface area contributed by atoms with Gasteiger partial charge in [0.1, 0.15) is 5.75 Å². The molecule has 2 saturated heterocycles. The smallest absolute Gasteiger partial charge is 0.412 e. The molecular formula is C26H35N3O9. The van der Waals surface area contributed by atoms with Crippen molar-refractivity contribution in [2.75, 3.05) is 52.7 Å². The van der Waals surface area contributed by atoms with Gasteiger partial charge < -0.3 is 28.7 Å². The van der Waals surface area contributed by atoms with Gasteiger partial charge in [-0.25, -0.2) is 9.59 Å². The van der Waals surface area contributed by atoms with Crippen molar-refractivity contribution in [1.29, 1.82) is 0 Å². The van der Waals surface area contributed by atoms with E-state index >= 15 is 0 Å². The fraction of sp³-hybridized carbons (Fsp3) is 0.577. The first-order valence-corrected chi connectivity index (χ1v) is 12.6. The summed E-state index contributed by atoms with van der Waals surface area (Å²) >= 11 is 0. The number of amides is 2. The van der Waals surface area contributed by atoms with Crippen LogP contribution in [-0.2, 0) is 28.6 Å². The van der Waals surface area contributed by atoms with Gasteiger partial charge in [-0.1, -0.05) is 0 Å². The Balaban J connectivity index is 1.40. The van der Waals surface area contributed by atoms with Gasteiger partial charge in [0.2, 0.25) is 12.7 Å². The lowest BCUT2D eigenvalue weighted by molar-refractivity contribution is -0.150. The van der Waals surface area contributed by atoms with E-state index in [0.29, 0.717) is 50.3 Å². The van der Waals surface area contributed by atoms with Gasteiger partial charge >= 0.3 is 18.0 Å². The maximum atomic E-state index is 12.8. The van der Waals surface area contributed by atoms with Crippen LogP contribution in [0, 0.1) is 0 Å². The molecule has 0 bridgehead atoms. The van der Waals surface area contributed by atoms with Crippen LogP contribution in [0.25, 0.3) is 0 Å². The molecule has 2 amide bonds. The molecule has 0 atom stereocenters. The molecule has 12 heteroatoms. The number of benzene rings is 1. The second-order valence-corrected chi connectivity index (χ2v) is 9.44. The second kappa shape index (κ2) is 13.8. The van der Waals surface area contributed by atoms with Crippen molar-refractivity contribution in [2.45, 2.75) is 45.8 Å². The van der Waals surface area contributed by atoms with E-state index in [4.69, 9.17) is 14.2 Å². The first-order valence-electron chi connectivity index (χ1n) is 12.6. The molecule has 0 spiro atoms. The first-order chi connectivity index (χ1) is 18.1. The summed E-state index contributed by atoms with van der Waals surface area (Å²) in [7, 11) is 0. The van der Waals surface area contributed by atoms with Crippen LogP contribution in [0.5, 0.6) is 5.75 Å². The summed E-state index contributed by atoms with van der Waals surface area (Å²) in [5.74, 6) is -0.848. The third-order valence-corrected chi connectivity index (χ3v) is 6.27. The Hall–Kier alpha value is -3.67. The maximum absolute atomic E-state index is 12.8. The molecule has 1 aromatic rings. The molecule has 1 aromatic carbocycles. The predicted octanol–water partition coefficient (Wildman–Crippen LogP) is 1.47. The zero-order valence-corrected chi connectivity index (χ0v) is 22.1. The molecule has 0 radical (unpaired) electrons. The fourth-order valence-electron chi connectivity index (χ4n) is 4.31. The number of rotatable bonds is 10. The highest BCUT2D eigenvalue weighted by molar-refractivity contribution is 5.99. The number of ether oxygens (including phenoxy) is 4. The molecule has 2 aliphatic heterocycles. The zero-order valence-electron chi connectivity index (χ0n) is 22.1. The third kappa shape index (κ3) is 8.72. The van der Waals surface area contributed by atoms with Crippen LogP contribution < -0.4 is 4.74 Å². The van der Waals surface area contributed by atoms with E-state index in [1.54, 1.807) is 47.9 Å². The van der Waals surface area contributed by atoms with Gasteiger partial charge in [-0.15, -0.1) is 0 Å². The van der Waals surface area contributed by atoms with E-state index in [0.717, 1.165) is 0 Å². The van der Waals surface area contributed by atoms with Crippen molar-refractivity contribution < 1.29 is 42.9 Å². The lowest BCUT2D eigenvalue weighted by Gasteiger charge is -2.41. The third-order valence-electron chi connectivity index (χ3n) is 6.27. The van der Waals surface area contributed by atoms with E-state index in [1.807, 2.05) is 0 Å². The van der Waals surface area contributed by atoms with Gasteiger partial charge in [-0.3, -0.25) is 19.3 Å². The van der Waals surface area contributed by atoms with Gasteiger partial charge in [0.05, 0.1) is 19.2 Å². The minimum Gasteiger partial charge on any atom is -0.482 e. The average Bonchev–Trinajstić information content (AvgIpc) is 2.88. The summed E-state index contributed by atoms with van der Waals surface area (Å²) in [4.78, 5) is 65.2. The fourth-order valence-corrected chi connectivity index (χ4v) is 4.31. The van der Waals surface area contributed by atoms with Gasteiger partial charge in [0.25, 0.3) is 0 Å². The lowest BCUT2D eigenvalue weighted by Crippen LogP contribution is -2.56. The first kappa shape index (κ1) is 28.9. The average molecular weight is 534 g/mol. The van der Waals surface area contributed by atoms with Gasteiger partial charge in [0.15, 0.2) is 12.4 Å². The van der Waals surface area contributed by atoms with Crippen LogP contribution in [-0.4, -0.2) is 109 Å². The number of piperazine rings is 1. The number of esters is 2. The molecule has 0 aromatic heterocycles. The molecule has 0 aliphatic carbocycles. The summed E-state index contributed by atoms with van der Waals surface area (Å²) in [5.41, 5.74) is 0.449. The SMILES string of the molecule is CC(=O)OCOC(=O)N1CCC(N2CCN(CC(=O)c3ccc(OCC(=O)OC(C)C)cc3)C(=O)C2)CC1. The van der Waals surface area contributed by atoms with Crippen LogP contribution in [0.15, 0.2) is 24.3 Å². The van der Waals surface area contributed by atoms with Crippen LogP contribution >= 0.6 is 0 Å². The number of carbonyl (C=O) groups excluding carboxylic acids is 5. The second-order valence-electron chi connectivity index (χ2n) is 9.44. The normalized spacial score (nSPS) is 16.8. The van der Waals surface area contributed by atoms with Crippen molar-refractivity contribution >= 4 is 29.7 Å². The van der Waals surface area contributed by atoms with Crippen LogP contribution in [0.2, 0.25) is 0 Å². The number of hydrogen-bond donors (Lipinski definition) is 0. The Morgan fingerprint density at radius 1 is 0.974 bits per heavy atom. The molecular weight excluding hydrogens is 498 g/mol. The summed E-state index contributed by atoms with van der Waals surface area (Å²) in [6, 6.07) is 6.58. The summed E-state index contributed by atoms with van der Waals surface area (Å²) in [6.45, 7) is 6.36. The van der Waals surface area contributed by atoms with Gasteiger partial charge in [0, 0.05) is 44.7 Å². The highest BCUT2D eigenvalue weighted by Crippen LogP contribution is 2.20. The molecule has 38 heavy (non-hydrogen) atoms. The summed E-state index contributed by atoms with van der Waals surface area (Å²) in [6.07, 6.45) is 0.634. The number of Topliss-reactive ketones (excluding diaryl/α,β-unsaturated/α-hetero) is 1. The van der Waals surface area contributed by atoms with Gasteiger partial charge in [-0.05, 0) is 51.0 Å². The van der Waals surface area contributed by atoms with E-state index in [1.165, 1.54) is 6.92 Å². The molecule has 208 valence electrons. The van der Waals surface area contributed by atoms with E-state index in [9.17, 15) is 24.0 Å². The number of hydrogen-bond acceptors (Lipinski definition) is 10. The van der Waals surface area contributed by atoms with E-state index in [2.05, 4.69) is 9.64 Å². The van der Waals surface area contributed by atoms with Crippen molar-refractivity contribution in [2.24, 2.45) is 0 Å². The molecule has 12 nitrogen and oxygen atoms in total. The highest BCUT2D eigenvalue weighted by Gasteiger charge is 2.33. The number of likely N-dealkylation sites (tertiary alicyclic amines) is 1. The number of carbonyl (C=O) groups is 5. The van der Waals surface area contributed by atoms with Crippen LogP contribution in [0.4, 0.5) is 4.79 Å². The topological polar surface area (TPSA) is 132 Å². The molecule has 0 N–H and O–H groups in total. The Labute approximate surface area is 221 Å². The molecule has 0 unspecified atom stereocenters. The minimum absolute atomic E-state index is 0.0137. The van der Waals surface area contributed by atoms with E-state index in [-0.39, 0.29) is 43.5 Å². The Bertz CT molecular complexity index is 1000. The van der Waals surface area contributed by atoms with Crippen molar-refractivity contribution in [3.63, 3.8) is 0 Å². The predicted molar refractivity (Wildman–Crippen MR) is 133 cm³/mol. The van der Waals surface area contributed by atoms with Crippen molar-refractivity contribution in [3.8, 4) is 5.75 Å². The Morgan fingerprint density at radius 3 is 2.26 bits per heavy atom. The lowest BCUT2D eigenvalue weighted by atomic mass is 10.0. The summed E-state index contributed by atoms with van der Waals surface area (Å²) in [5, 5.41) is 0. The highest BCUT2D eigenvalue weighted by atomic mass is 16.7. The number of nitrogens with zero attached hydrogens (tertiary/aromatic N) is 3. The largest absolute Gasteiger partial charge is 0.482 e. The van der Waals surface area contributed by atoms with Crippen molar-refractivity contribution in [1.82, 2.24) is 14.7 Å². The van der Waals surface area contributed by atoms with Crippen LogP contribution in [0.1, 0.15) is 44.0 Å². The zero-order chi connectivity index (χ0) is 27.7.